The third-order valence-electron chi connectivity index (χ3n) is 5.19. The van der Waals surface area contributed by atoms with Gasteiger partial charge in [0.05, 0.1) is 12.2 Å². The second-order valence-electron chi connectivity index (χ2n) is 6.92. The van der Waals surface area contributed by atoms with Gasteiger partial charge in [0.1, 0.15) is 18.0 Å². The number of rotatable bonds is 6. The molecule has 1 aromatic rings. The molecule has 0 saturated carbocycles. The summed E-state index contributed by atoms with van der Waals surface area (Å²) in [6.45, 7) is 7.16. The Hall–Kier alpha value is -1.85. The summed E-state index contributed by atoms with van der Waals surface area (Å²) in [4.78, 5) is 14.2. The van der Waals surface area contributed by atoms with Crippen LogP contribution in [0.4, 0.5) is 0 Å². The summed E-state index contributed by atoms with van der Waals surface area (Å²) in [6.07, 6.45) is 5.87. The van der Waals surface area contributed by atoms with Gasteiger partial charge < -0.3 is 19.5 Å². The monoisotopic (exact) mass is 345 g/mol. The zero-order valence-electron chi connectivity index (χ0n) is 15.0. The summed E-state index contributed by atoms with van der Waals surface area (Å²) in [5.41, 5.74) is 0.533. The number of piperidine rings is 3. The average molecular weight is 345 g/mol. The Kier molecular flexibility index (Phi) is 5.45. The summed E-state index contributed by atoms with van der Waals surface area (Å²) in [5.74, 6) is 0.647. The number of hydrogen-bond donors (Lipinski definition) is 1. The van der Waals surface area contributed by atoms with Gasteiger partial charge in [0.2, 0.25) is 0 Å². The van der Waals surface area contributed by atoms with E-state index in [1.165, 1.54) is 0 Å². The van der Waals surface area contributed by atoms with E-state index in [0.29, 0.717) is 30.4 Å². The lowest BCUT2D eigenvalue weighted by molar-refractivity contribution is -0.131. The number of carbonyl (C=O) groups excluding carboxylic acids is 1. The number of allylic oxidation sites excluding steroid dienone is 1. The van der Waals surface area contributed by atoms with Crippen molar-refractivity contribution in [3.05, 3.63) is 35.4 Å². The number of esters is 1. The van der Waals surface area contributed by atoms with Gasteiger partial charge >= 0.3 is 5.97 Å². The molecule has 5 nitrogen and oxygen atoms in total. The zero-order chi connectivity index (χ0) is 17.9. The highest BCUT2D eigenvalue weighted by atomic mass is 16.5. The number of carbonyl (C=O) groups is 1. The maximum atomic E-state index is 11.9. The Bertz CT molecular complexity index is 649. The molecule has 0 spiro atoms. The van der Waals surface area contributed by atoms with Crippen LogP contribution in [0.25, 0.3) is 6.08 Å². The Balaban J connectivity index is 1.74. The van der Waals surface area contributed by atoms with Gasteiger partial charge in [0.25, 0.3) is 0 Å². The van der Waals surface area contributed by atoms with Crippen LogP contribution >= 0.6 is 0 Å². The predicted molar refractivity (Wildman–Crippen MR) is 96.7 cm³/mol. The molecular formula is C20H27NO4. The van der Waals surface area contributed by atoms with Crippen molar-refractivity contribution in [2.75, 3.05) is 32.8 Å². The van der Waals surface area contributed by atoms with Crippen LogP contribution in [0, 0.1) is 5.92 Å². The van der Waals surface area contributed by atoms with Crippen LogP contribution in [0.15, 0.2) is 24.3 Å². The van der Waals surface area contributed by atoms with Gasteiger partial charge in [0, 0.05) is 12.1 Å². The van der Waals surface area contributed by atoms with Crippen molar-refractivity contribution in [2.45, 2.75) is 32.3 Å². The standard InChI is InChI=1S/C20H27NO4/c1-3-5-15-12-16(19(22)24-4-2)6-7-18(15)25-14-20(23)13-21-10-8-17(20)9-11-21/h3,5-7,12,17,23H,4,8-11,13-14H2,1-2H3/b5-3+. The molecule has 25 heavy (non-hydrogen) atoms. The molecule has 3 aliphatic heterocycles. The lowest BCUT2D eigenvalue weighted by Gasteiger charge is -2.50. The van der Waals surface area contributed by atoms with E-state index in [1.807, 2.05) is 19.1 Å². The van der Waals surface area contributed by atoms with Gasteiger partial charge in [-0.3, -0.25) is 0 Å². The Morgan fingerprint density at radius 2 is 2.16 bits per heavy atom. The van der Waals surface area contributed by atoms with E-state index in [2.05, 4.69) is 4.90 Å². The molecule has 2 bridgehead atoms. The fraction of sp³-hybridized carbons (Fsp3) is 0.550. The fourth-order valence-electron chi connectivity index (χ4n) is 3.84. The number of nitrogens with zero attached hydrogens (tertiary/aromatic N) is 1. The van der Waals surface area contributed by atoms with Crippen LogP contribution in [-0.4, -0.2) is 54.4 Å². The van der Waals surface area contributed by atoms with Crippen LogP contribution in [0.2, 0.25) is 0 Å². The number of aliphatic hydroxyl groups is 1. The second-order valence-corrected chi connectivity index (χ2v) is 6.92. The number of ether oxygens (including phenoxy) is 2. The van der Waals surface area contributed by atoms with Crippen molar-refractivity contribution in [1.29, 1.82) is 0 Å². The van der Waals surface area contributed by atoms with Crippen molar-refractivity contribution in [3.63, 3.8) is 0 Å². The van der Waals surface area contributed by atoms with Gasteiger partial charge in [-0.15, -0.1) is 0 Å². The van der Waals surface area contributed by atoms with Crippen molar-refractivity contribution < 1.29 is 19.4 Å². The molecule has 3 fully saturated rings. The highest BCUT2D eigenvalue weighted by molar-refractivity contribution is 5.90. The van der Waals surface area contributed by atoms with Crippen LogP contribution in [0.1, 0.15) is 42.6 Å². The van der Waals surface area contributed by atoms with E-state index < -0.39 is 5.60 Å². The van der Waals surface area contributed by atoms with Crippen LogP contribution in [0.3, 0.4) is 0 Å². The Morgan fingerprint density at radius 3 is 2.76 bits per heavy atom. The Labute approximate surface area is 149 Å². The first-order valence-corrected chi connectivity index (χ1v) is 9.07. The van der Waals surface area contributed by atoms with E-state index in [0.717, 1.165) is 31.5 Å². The lowest BCUT2D eigenvalue weighted by atomic mass is 9.76. The van der Waals surface area contributed by atoms with Crippen LogP contribution < -0.4 is 4.74 Å². The normalized spacial score (nSPS) is 28.3. The molecule has 3 aliphatic rings. The van der Waals surface area contributed by atoms with Crippen LogP contribution in [0.5, 0.6) is 5.75 Å². The maximum Gasteiger partial charge on any atom is 0.338 e. The average Bonchev–Trinajstić information content (AvgIpc) is 2.62. The third kappa shape index (κ3) is 3.88. The van der Waals surface area contributed by atoms with Gasteiger partial charge in [0.15, 0.2) is 0 Å². The number of fused-ring (bicyclic) bond motifs is 3. The van der Waals surface area contributed by atoms with Crippen molar-refractivity contribution in [1.82, 2.24) is 4.90 Å². The maximum absolute atomic E-state index is 11.9. The Morgan fingerprint density at radius 1 is 1.40 bits per heavy atom. The van der Waals surface area contributed by atoms with E-state index in [4.69, 9.17) is 9.47 Å². The summed E-state index contributed by atoms with van der Waals surface area (Å²) in [5, 5.41) is 11.0. The number of hydrogen-bond acceptors (Lipinski definition) is 5. The summed E-state index contributed by atoms with van der Waals surface area (Å²) >= 11 is 0. The molecule has 0 aromatic heterocycles. The molecule has 0 radical (unpaired) electrons. The zero-order valence-corrected chi connectivity index (χ0v) is 15.0. The minimum Gasteiger partial charge on any atom is -0.490 e. The number of benzene rings is 1. The predicted octanol–water partition coefficient (Wildman–Crippen LogP) is 2.73. The SMILES string of the molecule is C/C=C/c1cc(C(=O)OCC)ccc1OCC1(O)CN2CCC1CC2. The first-order valence-electron chi connectivity index (χ1n) is 9.07. The quantitative estimate of drug-likeness (QED) is 0.804. The molecule has 1 N–H and O–H groups in total. The highest BCUT2D eigenvalue weighted by Crippen LogP contribution is 2.36. The largest absolute Gasteiger partial charge is 0.490 e. The smallest absolute Gasteiger partial charge is 0.338 e. The van der Waals surface area contributed by atoms with Gasteiger partial charge in [-0.05, 0) is 63.9 Å². The second kappa shape index (κ2) is 7.58. The molecule has 1 aromatic carbocycles. The van der Waals surface area contributed by atoms with Crippen molar-refractivity contribution >= 4 is 12.0 Å². The summed E-state index contributed by atoms with van der Waals surface area (Å²) in [7, 11) is 0. The molecule has 3 saturated heterocycles. The van der Waals surface area contributed by atoms with Gasteiger partial charge in [-0.1, -0.05) is 12.2 Å². The third-order valence-corrected chi connectivity index (χ3v) is 5.19. The molecule has 3 heterocycles. The molecule has 0 amide bonds. The molecule has 1 atom stereocenters. The van der Waals surface area contributed by atoms with E-state index in [9.17, 15) is 9.90 Å². The molecular weight excluding hydrogens is 318 g/mol. The summed E-state index contributed by atoms with van der Waals surface area (Å²) < 4.78 is 11.1. The van der Waals surface area contributed by atoms with E-state index in [1.54, 1.807) is 25.1 Å². The fourth-order valence-corrected chi connectivity index (χ4v) is 3.84. The first kappa shape index (κ1) is 18.0. The van der Waals surface area contributed by atoms with Crippen LogP contribution in [-0.2, 0) is 4.74 Å². The molecule has 136 valence electrons. The van der Waals surface area contributed by atoms with Gasteiger partial charge in [-0.25, -0.2) is 4.79 Å². The minimum atomic E-state index is -0.788. The van der Waals surface area contributed by atoms with Crippen molar-refractivity contribution in [2.24, 2.45) is 5.92 Å². The molecule has 0 aliphatic carbocycles. The minimum absolute atomic E-state index is 0.275. The van der Waals surface area contributed by atoms with Gasteiger partial charge in [-0.2, -0.15) is 0 Å². The van der Waals surface area contributed by atoms with Crippen molar-refractivity contribution in [3.8, 4) is 5.75 Å². The summed E-state index contributed by atoms with van der Waals surface area (Å²) in [6, 6.07) is 5.26. The van der Waals surface area contributed by atoms with E-state index >= 15 is 0 Å². The highest BCUT2D eigenvalue weighted by Gasteiger charge is 2.46. The lowest BCUT2D eigenvalue weighted by Crippen LogP contribution is -2.61. The molecule has 4 rings (SSSR count). The topological polar surface area (TPSA) is 59.0 Å². The molecule has 1 unspecified atom stereocenters. The first-order chi connectivity index (χ1) is 12.1. The molecule has 5 heteroatoms. The van der Waals surface area contributed by atoms with E-state index in [-0.39, 0.29) is 12.6 Å².